The molecule has 0 amide bonds. The summed E-state index contributed by atoms with van der Waals surface area (Å²) in [6, 6.07) is 4.11. The number of hydrogen-bond donors (Lipinski definition) is 2. The molecule has 0 saturated carbocycles. The van der Waals surface area contributed by atoms with E-state index in [-0.39, 0.29) is 35.6 Å². The monoisotopic (exact) mass is 307 g/mol. The fourth-order valence-electron chi connectivity index (χ4n) is 1.72. The number of nitrogens with zero attached hydrogens (tertiary/aromatic N) is 1. The highest BCUT2D eigenvalue weighted by Crippen LogP contribution is 2.27. The number of carboxylic acids is 1. The number of pyridine rings is 1. The highest BCUT2D eigenvalue weighted by Gasteiger charge is 2.15. The van der Waals surface area contributed by atoms with Gasteiger partial charge >= 0.3 is 5.97 Å². The van der Waals surface area contributed by atoms with E-state index in [1.807, 2.05) is 0 Å². The molecule has 0 bridgehead atoms. The summed E-state index contributed by atoms with van der Waals surface area (Å²) in [6.07, 6.45) is 0.679. The van der Waals surface area contributed by atoms with Crippen LogP contribution in [0.3, 0.4) is 0 Å². The van der Waals surface area contributed by atoms with E-state index in [1.54, 1.807) is 0 Å². The number of halogens is 1. The van der Waals surface area contributed by atoms with Gasteiger partial charge in [0, 0.05) is 23.2 Å². The first-order valence-electron chi connectivity index (χ1n) is 7.01. The number of aromatic nitrogens is 1. The minimum Gasteiger partial charge on any atom is -0.506 e. The van der Waals surface area contributed by atoms with E-state index in [0.717, 1.165) is 0 Å². The molecule has 2 rings (SSSR count). The molecule has 2 aromatic rings. The van der Waals surface area contributed by atoms with Crippen molar-refractivity contribution in [3.63, 3.8) is 0 Å². The van der Waals surface area contributed by atoms with Crippen LogP contribution in [0.25, 0.3) is 11.1 Å². The molecule has 0 unspecified atom stereocenters. The number of aromatic hydroxyl groups is 1. The minimum atomic E-state index is -1.11. The van der Waals surface area contributed by atoms with Crippen molar-refractivity contribution in [2.75, 3.05) is 0 Å². The summed E-state index contributed by atoms with van der Waals surface area (Å²) in [4.78, 5) is 26.1. The Morgan fingerprint density at radius 1 is 1.33 bits per heavy atom. The molecule has 1 heterocycles. The molecule has 0 atom stereocenters. The number of benzene rings is 1. The molecule has 5 nitrogen and oxygen atoms in total. The number of hydrogen-bond acceptors (Lipinski definition) is 4. The van der Waals surface area contributed by atoms with Crippen molar-refractivity contribution in [1.82, 2.24) is 4.98 Å². The van der Waals surface area contributed by atoms with Crippen LogP contribution in [0.2, 0.25) is 5.02 Å². The Kier molecular flexibility index (Phi) is 3.74. The molecule has 0 spiro atoms. The summed E-state index contributed by atoms with van der Waals surface area (Å²) in [6.45, 7) is 0. The fourth-order valence-corrected chi connectivity index (χ4v) is 1.88. The van der Waals surface area contributed by atoms with E-state index in [1.165, 1.54) is 24.4 Å². The zero-order valence-electron chi connectivity index (χ0n) is 12.8. The average Bonchev–Trinajstić information content (AvgIpc) is 2.50. The molecule has 0 aliphatic rings. The van der Waals surface area contributed by atoms with Crippen molar-refractivity contribution < 1.29 is 22.5 Å². The Balaban J connectivity index is 2.35. The number of carbonyl (C=O) groups excluding carboxylic acids is 1. The van der Waals surface area contributed by atoms with Crippen LogP contribution in [0, 0.1) is 0 Å². The Morgan fingerprint density at radius 2 is 2.10 bits per heavy atom. The van der Waals surface area contributed by atoms with Gasteiger partial charge in [0.15, 0.2) is 5.78 Å². The summed E-state index contributed by atoms with van der Waals surface area (Å²) in [5.41, 5.74) is 0.507. The first kappa shape index (κ1) is 12.3. The topological polar surface area (TPSA) is 87.5 Å². The second kappa shape index (κ2) is 6.37. The molecule has 0 radical (unpaired) electrons. The lowest BCUT2D eigenvalue weighted by Crippen LogP contribution is -2.06. The lowest BCUT2D eigenvalue weighted by atomic mass is 10.1. The molecule has 108 valence electrons. The second-order valence-corrected chi connectivity index (χ2v) is 4.62. The third-order valence-electron chi connectivity index (χ3n) is 2.71. The summed E-state index contributed by atoms with van der Waals surface area (Å²) in [7, 11) is 0. The Morgan fingerprint density at radius 3 is 2.76 bits per heavy atom. The van der Waals surface area contributed by atoms with Gasteiger partial charge in [0.1, 0.15) is 11.4 Å². The highest BCUT2D eigenvalue weighted by molar-refractivity contribution is 6.30. The minimum absolute atomic E-state index is 0.0121. The van der Waals surface area contributed by atoms with Crippen LogP contribution in [0.15, 0.2) is 36.5 Å². The van der Waals surface area contributed by atoms with Gasteiger partial charge in [-0.1, -0.05) is 23.7 Å². The van der Waals surface area contributed by atoms with Crippen molar-refractivity contribution in [3.8, 4) is 16.9 Å². The molecule has 21 heavy (non-hydrogen) atoms. The van der Waals surface area contributed by atoms with Gasteiger partial charge < -0.3 is 10.2 Å². The van der Waals surface area contributed by atoms with E-state index in [4.69, 9.17) is 19.4 Å². The van der Waals surface area contributed by atoms with Gasteiger partial charge in [-0.05, 0) is 23.7 Å². The van der Waals surface area contributed by atoms with Crippen LogP contribution >= 0.6 is 11.6 Å². The van der Waals surface area contributed by atoms with Crippen LogP contribution in [-0.2, 0) is 4.79 Å². The summed E-state index contributed by atoms with van der Waals surface area (Å²) >= 11 is 5.86. The first-order valence-corrected chi connectivity index (χ1v) is 6.39. The number of rotatable bonds is 5. The maximum atomic E-state index is 11.8. The molecule has 6 heteroatoms. The van der Waals surface area contributed by atoms with E-state index in [0.29, 0.717) is 11.1 Å². The number of aliphatic carboxylic acids is 1. The van der Waals surface area contributed by atoms with E-state index in [2.05, 4.69) is 4.98 Å². The van der Waals surface area contributed by atoms with Gasteiger partial charge in [0.25, 0.3) is 0 Å². The van der Waals surface area contributed by atoms with Crippen molar-refractivity contribution in [2.45, 2.75) is 12.8 Å². The third kappa shape index (κ3) is 3.79. The normalized spacial score (nSPS) is 11.7. The van der Waals surface area contributed by atoms with Gasteiger partial charge in [0.05, 0.1) is 9.16 Å². The highest BCUT2D eigenvalue weighted by atomic mass is 35.5. The fraction of sp³-hybridized carbons (Fsp3) is 0.133. The molecular weight excluding hydrogens is 294 g/mol. The van der Waals surface area contributed by atoms with Crippen LogP contribution < -0.4 is 0 Å². The molecule has 0 fully saturated rings. The largest absolute Gasteiger partial charge is 0.506 e. The number of ketones is 1. The molecule has 0 aliphatic carbocycles. The van der Waals surface area contributed by atoms with Crippen molar-refractivity contribution in [1.29, 1.82) is 0 Å². The lowest BCUT2D eigenvalue weighted by molar-refractivity contribution is -0.136. The van der Waals surface area contributed by atoms with Gasteiger partial charge in [-0.3, -0.25) is 9.59 Å². The molecule has 0 aliphatic heterocycles. The third-order valence-corrected chi connectivity index (χ3v) is 2.92. The van der Waals surface area contributed by atoms with Crippen molar-refractivity contribution >= 4 is 23.4 Å². The van der Waals surface area contributed by atoms with Gasteiger partial charge in [-0.2, -0.15) is 0 Å². The van der Waals surface area contributed by atoms with Crippen LogP contribution in [0.5, 0.6) is 5.75 Å². The van der Waals surface area contributed by atoms with Crippen LogP contribution in [0.1, 0.15) is 26.1 Å². The molecule has 2 N–H and O–H groups in total. The summed E-state index contributed by atoms with van der Waals surface area (Å²) < 4.78 is 15.4. The maximum absolute atomic E-state index is 11.8. The SMILES string of the molecule is [2H]c1ccc(-c2cnc(C(=O)CCC(=O)O)c(O)c2)c([2H])c1Cl. The zero-order chi connectivity index (χ0) is 17.1. The van der Waals surface area contributed by atoms with Crippen molar-refractivity contribution in [3.05, 3.63) is 47.2 Å². The molecule has 1 aromatic heterocycles. The van der Waals surface area contributed by atoms with Gasteiger partial charge in [-0.15, -0.1) is 0 Å². The Bertz CT molecular complexity index is 795. The first-order chi connectivity index (χ1) is 10.8. The van der Waals surface area contributed by atoms with Crippen molar-refractivity contribution in [2.24, 2.45) is 0 Å². The number of carboxylic acid groups (broad SMARTS) is 1. The summed E-state index contributed by atoms with van der Waals surface area (Å²) in [5.74, 6) is -2.09. The number of carbonyl (C=O) groups is 2. The van der Waals surface area contributed by atoms with Crippen LogP contribution in [-0.4, -0.2) is 26.9 Å². The van der Waals surface area contributed by atoms with E-state index in [9.17, 15) is 14.7 Å². The Hall–Kier alpha value is -2.40. The average molecular weight is 308 g/mol. The lowest BCUT2D eigenvalue weighted by Gasteiger charge is -2.06. The molecule has 1 aromatic carbocycles. The predicted octanol–water partition coefficient (Wildman–Crippen LogP) is 3.16. The molecule has 0 saturated heterocycles. The molecular formula is C15H12ClNO4. The van der Waals surface area contributed by atoms with Crippen LogP contribution in [0.4, 0.5) is 0 Å². The Labute approximate surface area is 128 Å². The predicted molar refractivity (Wildman–Crippen MR) is 77.5 cm³/mol. The summed E-state index contributed by atoms with van der Waals surface area (Å²) in [5, 5.41) is 18.5. The second-order valence-electron chi connectivity index (χ2n) is 4.24. The number of Topliss-reactive ketones (excluding diaryl/α,β-unsaturated/α-hetero) is 1. The van der Waals surface area contributed by atoms with Gasteiger partial charge in [-0.25, -0.2) is 4.98 Å². The van der Waals surface area contributed by atoms with Gasteiger partial charge in [0.2, 0.25) is 0 Å². The van der Waals surface area contributed by atoms with E-state index < -0.39 is 17.5 Å². The quantitative estimate of drug-likeness (QED) is 0.828. The zero-order valence-corrected chi connectivity index (χ0v) is 11.5. The van der Waals surface area contributed by atoms with E-state index >= 15 is 0 Å². The maximum Gasteiger partial charge on any atom is 0.303 e. The smallest absolute Gasteiger partial charge is 0.303 e. The standard InChI is InChI=1S/C15H12ClNO4/c16-11-3-1-2-9(6-11)10-7-13(19)15(17-8-10)12(18)4-5-14(20)21/h1-3,6-8,19H,4-5H2,(H,20,21)/i3D,6D.